The Morgan fingerprint density at radius 1 is 1.11 bits per heavy atom. The fourth-order valence-electron chi connectivity index (χ4n) is 2.73. The van der Waals surface area contributed by atoms with Crippen LogP contribution in [-0.2, 0) is 6.42 Å². The first kappa shape index (κ1) is 19.7. The lowest BCUT2D eigenvalue weighted by atomic mass is 10.1. The Kier molecular flexibility index (Phi) is 6.49. The Labute approximate surface area is 168 Å². The minimum Gasteiger partial charge on any atom is -0.493 e. The molecule has 0 saturated carbocycles. The van der Waals surface area contributed by atoms with Gasteiger partial charge >= 0.3 is 0 Å². The van der Waals surface area contributed by atoms with E-state index >= 15 is 0 Å². The normalized spacial score (nSPS) is 10.4. The van der Waals surface area contributed by atoms with Gasteiger partial charge in [0, 0.05) is 17.6 Å². The summed E-state index contributed by atoms with van der Waals surface area (Å²) >= 11 is 1.40. The maximum atomic E-state index is 12.3. The minimum atomic E-state index is -0.186. The molecule has 0 radical (unpaired) electrons. The second-order valence-electron chi connectivity index (χ2n) is 6.23. The zero-order valence-corrected chi connectivity index (χ0v) is 16.9. The molecule has 0 fully saturated rings. The highest BCUT2D eigenvalue weighted by Crippen LogP contribution is 2.27. The van der Waals surface area contributed by atoms with E-state index in [1.165, 1.54) is 11.3 Å². The summed E-state index contributed by atoms with van der Waals surface area (Å²) in [7, 11) is 3.21. The standard InChI is InChI=1S/C21H23N3O3S/c1-14-5-4-6-16(11-14)23-21-24-17(13-28-21)20(25)22-10-9-15-7-8-18(26-2)19(12-15)27-3/h4-8,11-13H,9-10H2,1-3H3,(H,22,25)(H,23,24). The quantitative estimate of drug-likeness (QED) is 0.596. The van der Waals surface area contributed by atoms with Gasteiger partial charge in [-0.05, 0) is 48.7 Å². The summed E-state index contributed by atoms with van der Waals surface area (Å²) < 4.78 is 10.5. The molecule has 0 unspecified atom stereocenters. The number of aryl methyl sites for hydroxylation is 1. The maximum absolute atomic E-state index is 12.3. The van der Waals surface area contributed by atoms with E-state index in [-0.39, 0.29) is 5.91 Å². The molecule has 2 N–H and O–H groups in total. The van der Waals surface area contributed by atoms with Crippen LogP contribution in [0.15, 0.2) is 47.8 Å². The summed E-state index contributed by atoms with van der Waals surface area (Å²) in [6.07, 6.45) is 0.685. The van der Waals surface area contributed by atoms with Gasteiger partial charge in [0.2, 0.25) is 0 Å². The maximum Gasteiger partial charge on any atom is 0.270 e. The third-order valence-corrected chi connectivity index (χ3v) is 4.91. The molecule has 0 saturated heterocycles. The number of aromatic nitrogens is 1. The van der Waals surface area contributed by atoms with Crippen molar-refractivity contribution < 1.29 is 14.3 Å². The number of methoxy groups -OCH3 is 2. The topological polar surface area (TPSA) is 72.5 Å². The molecule has 3 aromatic rings. The van der Waals surface area contributed by atoms with Crippen LogP contribution in [0.25, 0.3) is 0 Å². The molecule has 7 heteroatoms. The largest absolute Gasteiger partial charge is 0.493 e. The molecule has 0 aliphatic rings. The van der Waals surface area contributed by atoms with E-state index in [4.69, 9.17) is 9.47 Å². The number of benzene rings is 2. The van der Waals surface area contributed by atoms with Crippen LogP contribution in [0.3, 0.4) is 0 Å². The Hall–Kier alpha value is -3.06. The SMILES string of the molecule is COc1ccc(CCNC(=O)c2csc(Nc3cccc(C)c3)n2)cc1OC. The fourth-order valence-corrected chi connectivity index (χ4v) is 3.44. The van der Waals surface area contributed by atoms with E-state index in [0.29, 0.717) is 35.3 Å². The third kappa shape index (κ3) is 5.01. The molecule has 2 aromatic carbocycles. The summed E-state index contributed by atoms with van der Waals surface area (Å²) in [5.41, 5.74) is 3.58. The number of rotatable bonds is 8. The molecular formula is C21H23N3O3S. The molecule has 1 amide bonds. The third-order valence-electron chi connectivity index (χ3n) is 4.15. The van der Waals surface area contributed by atoms with Gasteiger partial charge in [0.15, 0.2) is 16.6 Å². The van der Waals surface area contributed by atoms with Crippen molar-refractivity contribution in [1.82, 2.24) is 10.3 Å². The first-order valence-electron chi connectivity index (χ1n) is 8.87. The minimum absolute atomic E-state index is 0.186. The monoisotopic (exact) mass is 397 g/mol. The molecule has 0 aliphatic heterocycles. The van der Waals surface area contributed by atoms with Gasteiger partial charge < -0.3 is 20.1 Å². The van der Waals surface area contributed by atoms with Gasteiger partial charge in [-0.3, -0.25) is 4.79 Å². The predicted octanol–water partition coefficient (Wildman–Crippen LogP) is 4.18. The lowest BCUT2D eigenvalue weighted by Gasteiger charge is -2.09. The van der Waals surface area contributed by atoms with Crippen LogP contribution in [0, 0.1) is 6.92 Å². The molecule has 0 aliphatic carbocycles. The second kappa shape index (κ2) is 9.23. The van der Waals surface area contributed by atoms with Gasteiger partial charge in [-0.2, -0.15) is 0 Å². The molecule has 0 bridgehead atoms. The van der Waals surface area contributed by atoms with Crippen molar-refractivity contribution in [2.24, 2.45) is 0 Å². The number of amides is 1. The van der Waals surface area contributed by atoms with Gasteiger partial charge in [-0.15, -0.1) is 11.3 Å². The number of ether oxygens (including phenoxy) is 2. The van der Waals surface area contributed by atoms with E-state index in [0.717, 1.165) is 16.8 Å². The van der Waals surface area contributed by atoms with Gasteiger partial charge in [0.1, 0.15) is 5.69 Å². The van der Waals surface area contributed by atoms with Crippen LogP contribution in [-0.4, -0.2) is 31.7 Å². The molecule has 6 nitrogen and oxygen atoms in total. The number of hydrogen-bond donors (Lipinski definition) is 2. The van der Waals surface area contributed by atoms with E-state index in [9.17, 15) is 4.79 Å². The van der Waals surface area contributed by atoms with Gasteiger partial charge in [-0.25, -0.2) is 4.98 Å². The highest BCUT2D eigenvalue weighted by atomic mass is 32.1. The number of hydrogen-bond acceptors (Lipinski definition) is 6. The summed E-state index contributed by atoms with van der Waals surface area (Å²) in [4.78, 5) is 16.7. The summed E-state index contributed by atoms with van der Waals surface area (Å²) in [5.74, 6) is 1.18. The van der Waals surface area contributed by atoms with Crippen molar-refractivity contribution in [2.45, 2.75) is 13.3 Å². The highest BCUT2D eigenvalue weighted by Gasteiger charge is 2.11. The molecule has 146 valence electrons. The van der Waals surface area contributed by atoms with Crippen LogP contribution in [0.5, 0.6) is 11.5 Å². The van der Waals surface area contributed by atoms with Crippen LogP contribution >= 0.6 is 11.3 Å². The molecule has 3 rings (SSSR count). The number of anilines is 2. The van der Waals surface area contributed by atoms with Crippen molar-refractivity contribution in [3.8, 4) is 11.5 Å². The lowest BCUT2D eigenvalue weighted by molar-refractivity contribution is 0.0950. The van der Waals surface area contributed by atoms with Crippen LogP contribution in [0.1, 0.15) is 21.6 Å². The number of thiazole rings is 1. The molecule has 28 heavy (non-hydrogen) atoms. The molecule has 1 heterocycles. The number of carbonyl (C=O) groups is 1. The van der Waals surface area contributed by atoms with Crippen LogP contribution in [0.4, 0.5) is 10.8 Å². The summed E-state index contributed by atoms with van der Waals surface area (Å²) in [5, 5.41) is 8.58. The Morgan fingerprint density at radius 2 is 1.93 bits per heavy atom. The fraction of sp³-hybridized carbons (Fsp3) is 0.238. The summed E-state index contributed by atoms with van der Waals surface area (Å²) in [6.45, 7) is 2.54. The number of nitrogens with zero attached hydrogens (tertiary/aromatic N) is 1. The van der Waals surface area contributed by atoms with Crippen molar-refractivity contribution in [3.05, 3.63) is 64.7 Å². The molecular weight excluding hydrogens is 374 g/mol. The van der Waals surface area contributed by atoms with E-state index in [2.05, 4.69) is 15.6 Å². The zero-order valence-electron chi connectivity index (χ0n) is 16.1. The van der Waals surface area contributed by atoms with Crippen molar-refractivity contribution in [2.75, 3.05) is 26.1 Å². The zero-order chi connectivity index (χ0) is 19.9. The van der Waals surface area contributed by atoms with E-state index in [1.54, 1.807) is 19.6 Å². The molecule has 1 aromatic heterocycles. The second-order valence-corrected chi connectivity index (χ2v) is 7.09. The van der Waals surface area contributed by atoms with Crippen molar-refractivity contribution in [1.29, 1.82) is 0 Å². The average molecular weight is 398 g/mol. The first-order chi connectivity index (χ1) is 13.6. The van der Waals surface area contributed by atoms with Crippen LogP contribution < -0.4 is 20.1 Å². The lowest BCUT2D eigenvalue weighted by Crippen LogP contribution is -2.26. The van der Waals surface area contributed by atoms with Gasteiger partial charge in [-0.1, -0.05) is 18.2 Å². The first-order valence-corrected chi connectivity index (χ1v) is 9.75. The summed E-state index contributed by atoms with van der Waals surface area (Å²) in [6, 6.07) is 13.7. The Balaban J connectivity index is 1.53. The Bertz CT molecular complexity index is 956. The Morgan fingerprint density at radius 3 is 2.68 bits per heavy atom. The highest BCUT2D eigenvalue weighted by molar-refractivity contribution is 7.14. The number of carbonyl (C=O) groups excluding carboxylic acids is 1. The average Bonchev–Trinajstić information content (AvgIpc) is 3.16. The van der Waals surface area contributed by atoms with Crippen molar-refractivity contribution in [3.63, 3.8) is 0 Å². The van der Waals surface area contributed by atoms with E-state index in [1.807, 2.05) is 49.4 Å². The van der Waals surface area contributed by atoms with Gasteiger partial charge in [0.25, 0.3) is 5.91 Å². The van der Waals surface area contributed by atoms with Gasteiger partial charge in [0.05, 0.1) is 14.2 Å². The molecule has 0 atom stereocenters. The smallest absolute Gasteiger partial charge is 0.270 e. The van der Waals surface area contributed by atoms with E-state index < -0.39 is 0 Å². The van der Waals surface area contributed by atoms with Crippen molar-refractivity contribution >= 4 is 28.1 Å². The van der Waals surface area contributed by atoms with Crippen LogP contribution in [0.2, 0.25) is 0 Å². The molecule has 0 spiro atoms. The predicted molar refractivity (Wildman–Crippen MR) is 112 cm³/mol. The number of nitrogens with one attached hydrogen (secondary N) is 2.